The minimum atomic E-state index is -0.219. The van der Waals surface area contributed by atoms with E-state index in [0.717, 1.165) is 32.1 Å². The first-order chi connectivity index (χ1) is 14.2. The molecule has 0 atom stereocenters. The van der Waals surface area contributed by atoms with Gasteiger partial charge in [-0.25, -0.2) is 9.79 Å². The molecule has 2 heterocycles. The van der Waals surface area contributed by atoms with Gasteiger partial charge in [-0.3, -0.25) is 4.90 Å². The van der Waals surface area contributed by atoms with Crippen molar-refractivity contribution in [2.75, 3.05) is 52.4 Å². The van der Waals surface area contributed by atoms with Gasteiger partial charge in [-0.1, -0.05) is 24.3 Å². The molecule has 2 saturated heterocycles. The molecule has 0 aromatic heterocycles. The van der Waals surface area contributed by atoms with Crippen LogP contribution in [-0.4, -0.2) is 79.2 Å². The SMILES string of the molecule is CCNC(=NCc1ccc(CN2CCCC2)cc1)N1CCN(C(=O)OCC)CC1. The molecule has 0 spiro atoms. The third-order valence-electron chi connectivity index (χ3n) is 5.48. The van der Waals surface area contributed by atoms with Gasteiger partial charge in [0.2, 0.25) is 0 Å². The van der Waals surface area contributed by atoms with Crippen molar-refractivity contribution in [3.63, 3.8) is 0 Å². The van der Waals surface area contributed by atoms with Gasteiger partial charge in [-0.2, -0.15) is 0 Å². The predicted molar refractivity (Wildman–Crippen MR) is 116 cm³/mol. The van der Waals surface area contributed by atoms with Crippen molar-refractivity contribution in [1.29, 1.82) is 0 Å². The zero-order valence-electron chi connectivity index (χ0n) is 17.9. The molecule has 3 rings (SSSR count). The molecule has 7 nitrogen and oxygen atoms in total. The molecule has 1 amide bonds. The maximum Gasteiger partial charge on any atom is 0.409 e. The standard InChI is InChI=1S/C22H35N5O2/c1-3-23-21(26-13-15-27(16-14-26)22(28)29-4-2)24-17-19-7-9-20(10-8-19)18-25-11-5-6-12-25/h7-10H,3-6,11-18H2,1-2H3,(H,23,24). The van der Waals surface area contributed by atoms with Crippen molar-refractivity contribution in [3.05, 3.63) is 35.4 Å². The summed E-state index contributed by atoms with van der Waals surface area (Å²) in [4.78, 5) is 23.2. The van der Waals surface area contributed by atoms with Crippen LogP contribution in [0.3, 0.4) is 0 Å². The minimum Gasteiger partial charge on any atom is -0.450 e. The van der Waals surface area contributed by atoms with Crippen molar-refractivity contribution < 1.29 is 9.53 Å². The fraction of sp³-hybridized carbons (Fsp3) is 0.636. The van der Waals surface area contributed by atoms with Gasteiger partial charge in [0.05, 0.1) is 13.2 Å². The fourth-order valence-electron chi connectivity index (χ4n) is 3.86. The second kappa shape index (κ2) is 11.0. The molecule has 0 bridgehead atoms. The summed E-state index contributed by atoms with van der Waals surface area (Å²) >= 11 is 0. The lowest BCUT2D eigenvalue weighted by Crippen LogP contribution is -2.53. The number of nitrogens with zero attached hydrogens (tertiary/aromatic N) is 4. The Morgan fingerprint density at radius 1 is 0.966 bits per heavy atom. The maximum atomic E-state index is 11.9. The van der Waals surface area contributed by atoms with E-state index in [1.54, 1.807) is 4.90 Å². The van der Waals surface area contributed by atoms with E-state index in [0.29, 0.717) is 26.2 Å². The van der Waals surface area contributed by atoms with E-state index >= 15 is 0 Å². The molecular weight excluding hydrogens is 366 g/mol. The second-order valence-electron chi connectivity index (χ2n) is 7.64. The first kappa shape index (κ1) is 21.4. The first-order valence-corrected chi connectivity index (χ1v) is 10.9. The Balaban J connectivity index is 1.53. The highest BCUT2D eigenvalue weighted by atomic mass is 16.6. The Labute approximate surface area is 174 Å². The van der Waals surface area contributed by atoms with Crippen LogP contribution in [0.4, 0.5) is 4.79 Å². The number of hydrogen-bond acceptors (Lipinski definition) is 4. The quantitative estimate of drug-likeness (QED) is 0.586. The number of piperazine rings is 1. The van der Waals surface area contributed by atoms with E-state index in [1.165, 1.54) is 37.1 Å². The smallest absolute Gasteiger partial charge is 0.409 e. The van der Waals surface area contributed by atoms with Gasteiger partial charge in [0.1, 0.15) is 0 Å². The van der Waals surface area contributed by atoms with Crippen LogP contribution >= 0.6 is 0 Å². The van der Waals surface area contributed by atoms with E-state index in [-0.39, 0.29) is 6.09 Å². The number of ether oxygens (including phenoxy) is 1. The highest BCUT2D eigenvalue weighted by molar-refractivity contribution is 5.80. The number of carbonyl (C=O) groups is 1. The summed E-state index contributed by atoms with van der Waals surface area (Å²) in [6.07, 6.45) is 2.44. The number of amides is 1. The third-order valence-corrected chi connectivity index (χ3v) is 5.48. The Morgan fingerprint density at radius 2 is 1.59 bits per heavy atom. The van der Waals surface area contributed by atoms with Crippen LogP contribution in [0.1, 0.15) is 37.8 Å². The number of hydrogen-bond donors (Lipinski definition) is 1. The minimum absolute atomic E-state index is 0.219. The normalized spacial score (nSPS) is 18.2. The lowest BCUT2D eigenvalue weighted by atomic mass is 10.1. The number of aliphatic imine (C=N–C) groups is 1. The summed E-state index contributed by atoms with van der Waals surface area (Å²) in [6, 6.07) is 8.84. The van der Waals surface area contributed by atoms with Crippen molar-refractivity contribution in [2.24, 2.45) is 4.99 Å². The molecule has 160 valence electrons. The number of likely N-dealkylation sites (tertiary alicyclic amines) is 1. The van der Waals surface area contributed by atoms with E-state index < -0.39 is 0 Å². The molecule has 0 unspecified atom stereocenters. The zero-order valence-corrected chi connectivity index (χ0v) is 17.9. The van der Waals surface area contributed by atoms with Crippen LogP contribution in [0.25, 0.3) is 0 Å². The van der Waals surface area contributed by atoms with Gasteiger partial charge < -0.3 is 19.9 Å². The molecule has 1 N–H and O–H groups in total. The first-order valence-electron chi connectivity index (χ1n) is 10.9. The Bertz CT molecular complexity index is 662. The number of carbonyl (C=O) groups excluding carboxylic acids is 1. The summed E-state index contributed by atoms with van der Waals surface area (Å²) in [6.45, 7) is 12.2. The molecule has 2 aliphatic rings. The van der Waals surface area contributed by atoms with Gasteiger partial charge in [0.25, 0.3) is 0 Å². The molecule has 0 saturated carbocycles. The van der Waals surface area contributed by atoms with Crippen LogP contribution < -0.4 is 5.32 Å². The Hall–Kier alpha value is -2.28. The van der Waals surface area contributed by atoms with Crippen molar-refractivity contribution in [2.45, 2.75) is 39.8 Å². The molecule has 0 aliphatic carbocycles. The van der Waals surface area contributed by atoms with Gasteiger partial charge in [-0.15, -0.1) is 0 Å². The van der Waals surface area contributed by atoms with Gasteiger partial charge in [-0.05, 0) is 50.9 Å². The highest BCUT2D eigenvalue weighted by Gasteiger charge is 2.23. The summed E-state index contributed by atoms with van der Waals surface area (Å²) in [7, 11) is 0. The maximum absolute atomic E-state index is 11.9. The average Bonchev–Trinajstić information content (AvgIpc) is 3.25. The van der Waals surface area contributed by atoms with E-state index in [1.807, 2.05) is 6.92 Å². The van der Waals surface area contributed by atoms with E-state index in [9.17, 15) is 4.79 Å². The van der Waals surface area contributed by atoms with E-state index in [4.69, 9.17) is 9.73 Å². The van der Waals surface area contributed by atoms with Crippen molar-refractivity contribution in [3.8, 4) is 0 Å². The van der Waals surface area contributed by atoms with Crippen LogP contribution in [0.5, 0.6) is 0 Å². The highest BCUT2D eigenvalue weighted by Crippen LogP contribution is 2.14. The average molecular weight is 402 g/mol. The number of guanidine groups is 1. The summed E-state index contributed by atoms with van der Waals surface area (Å²) in [5.74, 6) is 0.914. The van der Waals surface area contributed by atoms with E-state index in [2.05, 4.69) is 46.3 Å². The van der Waals surface area contributed by atoms with Crippen molar-refractivity contribution in [1.82, 2.24) is 20.0 Å². The number of nitrogens with one attached hydrogen (secondary N) is 1. The molecule has 1 aromatic carbocycles. The lowest BCUT2D eigenvalue weighted by molar-refractivity contribution is 0.0914. The second-order valence-corrected chi connectivity index (χ2v) is 7.64. The predicted octanol–water partition coefficient (Wildman–Crippen LogP) is 2.52. The zero-order chi connectivity index (χ0) is 20.5. The molecular formula is C22H35N5O2. The van der Waals surface area contributed by atoms with Crippen molar-refractivity contribution >= 4 is 12.1 Å². The fourth-order valence-corrected chi connectivity index (χ4v) is 3.86. The van der Waals surface area contributed by atoms with Gasteiger partial charge >= 0.3 is 6.09 Å². The monoisotopic (exact) mass is 401 g/mol. The van der Waals surface area contributed by atoms with Gasteiger partial charge in [0.15, 0.2) is 5.96 Å². The molecule has 29 heavy (non-hydrogen) atoms. The molecule has 0 radical (unpaired) electrons. The number of rotatable bonds is 6. The summed E-state index contributed by atoms with van der Waals surface area (Å²) in [5, 5.41) is 3.39. The molecule has 7 heteroatoms. The Morgan fingerprint density at radius 3 is 2.21 bits per heavy atom. The Kier molecular flexibility index (Phi) is 8.16. The van der Waals surface area contributed by atoms with Crippen LogP contribution in [0.2, 0.25) is 0 Å². The van der Waals surface area contributed by atoms with Crippen LogP contribution in [-0.2, 0) is 17.8 Å². The lowest BCUT2D eigenvalue weighted by Gasteiger charge is -2.35. The number of benzene rings is 1. The van der Waals surface area contributed by atoms with Crippen LogP contribution in [0.15, 0.2) is 29.3 Å². The third kappa shape index (κ3) is 6.35. The molecule has 2 aliphatic heterocycles. The molecule has 1 aromatic rings. The summed E-state index contributed by atoms with van der Waals surface area (Å²) < 4.78 is 5.10. The topological polar surface area (TPSA) is 60.4 Å². The molecule has 2 fully saturated rings. The van der Waals surface area contributed by atoms with Gasteiger partial charge in [0, 0.05) is 39.3 Å². The largest absolute Gasteiger partial charge is 0.450 e. The van der Waals surface area contributed by atoms with Crippen LogP contribution in [0, 0.1) is 0 Å². The summed E-state index contributed by atoms with van der Waals surface area (Å²) in [5.41, 5.74) is 2.59.